The zero-order chi connectivity index (χ0) is 12.1. The van der Waals surface area contributed by atoms with E-state index in [9.17, 15) is 13.6 Å². The van der Waals surface area contributed by atoms with Gasteiger partial charge in [0.1, 0.15) is 12.4 Å². The number of ether oxygens (including phenoxy) is 1. The number of benzene rings is 1. The van der Waals surface area contributed by atoms with Crippen molar-refractivity contribution in [1.82, 2.24) is 0 Å². The van der Waals surface area contributed by atoms with Gasteiger partial charge in [0.15, 0.2) is 11.6 Å². The molecular formula is C10H10F2O4. The molecule has 1 atom stereocenters. The van der Waals surface area contributed by atoms with Crippen LogP contribution >= 0.6 is 0 Å². The summed E-state index contributed by atoms with van der Waals surface area (Å²) in [5.41, 5.74) is 0. The van der Waals surface area contributed by atoms with Gasteiger partial charge < -0.3 is 14.9 Å². The topological polar surface area (TPSA) is 66.8 Å². The van der Waals surface area contributed by atoms with Gasteiger partial charge in [0.25, 0.3) is 0 Å². The van der Waals surface area contributed by atoms with E-state index in [0.717, 1.165) is 12.1 Å². The summed E-state index contributed by atoms with van der Waals surface area (Å²) in [5.74, 6) is -3.06. The number of aliphatic hydroxyl groups is 1. The third-order valence-electron chi connectivity index (χ3n) is 1.74. The molecule has 0 aliphatic carbocycles. The van der Waals surface area contributed by atoms with Gasteiger partial charge in [0.05, 0.1) is 12.5 Å². The summed E-state index contributed by atoms with van der Waals surface area (Å²) in [6, 6.07) is 2.71. The summed E-state index contributed by atoms with van der Waals surface area (Å²) in [6.07, 6.45) is -1.73. The molecule has 88 valence electrons. The Balaban J connectivity index is 2.51. The summed E-state index contributed by atoms with van der Waals surface area (Å²) in [7, 11) is 0. The number of carboxylic acids is 1. The second-order valence-corrected chi connectivity index (χ2v) is 3.14. The van der Waals surface area contributed by atoms with Crippen LogP contribution in [0.3, 0.4) is 0 Å². The van der Waals surface area contributed by atoms with Gasteiger partial charge in [-0.1, -0.05) is 0 Å². The molecule has 1 aromatic rings. The first-order valence-electron chi connectivity index (χ1n) is 4.46. The van der Waals surface area contributed by atoms with E-state index < -0.39 is 30.1 Å². The fraction of sp³-hybridized carbons (Fsp3) is 0.300. The number of hydrogen-bond acceptors (Lipinski definition) is 3. The summed E-state index contributed by atoms with van der Waals surface area (Å²) in [5, 5.41) is 17.5. The largest absolute Gasteiger partial charge is 0.488 e. The van der Waals surface area contributed by atoms with Crippen molar-refractivity contribution < 1.29 is 28.5 Å². The summed E-state index contributed by atoms with van der Waals surface area (Å²) >= 11 is 0. The summed E-state index contributed by atoms with van der Waals surface area (Å²) < 4.78 is 30.3. The molecule has 1 rings (SSSR count). The molecule has 0 bridgehead atoms. The van der Waals surface area contributed by atoms with E-state index in [4.69, 9.17) is 14.9 Å². The van der Waals surface area contributed by atoms with Crippen molar-refractivity contribution in [3.63, 3.8) is 0 Å². The number of aliphatic carboxylic acids is 1. The zero-order valence-electron chi connectivity index (χ0n) is 8.19. The van der Waals surface area contributed by atoms with Crippen molar-refractivity contribution in [2.45, 2.75) is 12.5 Å². The lowest BCUT2D eigenvalue weighted by atomic mass is 10.2. The number of carboxylic acid groups (broad SMARTS) is 1. The smallest absolute Gasteiger partial charge is 0.306 e. The third-order valence-corrected chi connectivity index (χ3v) is 1.74. The van der Waals surface area contributed by atoms with Gasteiger partial charge in [0.2, 0.25) is 0 Å². The van der Waals surface area contributed by atoms with Gasteiger partial charge in [-0.2, -0.15) is 0 Å². The number of rotatable bonds is 5. The van der Waals surface area contributed by atoms with Crippen LogP contribution in [0.25, 0.3) is 0 Å². The molecule has 0 saturated heterocycles. The van der Waals surface area contributed by atoms with Crippen LogP contribution in [0.2, 0.25) is 0 Å². The van der Waals surface area contributed by atoms with Gasteiger partial charge in [-0.3, -0.25) is 4.79 Å². The first-order chi connectivity index (χ1) is 7.49. The average molecular weight is 232 g/mol. The quantitative estimate of drug-likeness (QED) is 0.799. The molecule has 0 aliphatic heterocycles. The van der Waals surface area contributed by atoms with Crippen LogP contribution in [0, 0.1) is 11.6 Å². The van der Waals surface area contributed by atoms with E-state index in [0.29, 0.717) is 6.07 Å². The number of halogens is 2. The Morgan fingerprint density at radius 3 is 2.69 bits per heavy atom. The fourth-order valence-electron chi connectivity index (χ4n) is 1.04. The Hall–Kier alpha value is -1.69. The summed E-state index contributed by atoms with van der Waals surface area (Å²) in [6.45, 7) is -0.366. The van der Waals surface area contributed by atoms with Crippen LogP contribution in [-0.4, -0.2) is 28.9 Å². The number of hydrogen-bond donors (Lipinski definition) is 2. The molecule has 4 nitrogen and oxygen atoms in total. The van der Waals surface area contributed by atoms with Gasteiger partial charge in [-0.15, -0.1) is 0 Å². The average Bonchev–Trinajstić information content (AvgIpc) is 2.15. The van der Waals surface area contributed by atoms with Crippen LogP contribution in [0.5, 0.6) is 5.75 Å². The van der Waals surface area contributed by atoms with Crippen LogP contribution in [0.4, 0.5) is 8.78 Å². The van der Waals surface area contributed by atoms with Gasteiger partial charge in [-0.25, -0.2) is 8.78 Å². The van der Waals surface area contributed by atoms with E-state index in [-0.39, 0.29) is 12.4 Å². The van der Waals surface area contributed by atoms with Gasteiger partial charge >= 0.3 is 5.97 Å². The molecule has 0 heterocycles. The lowest BCUT2D eigenvalue weighted by Crippen LogP contribution is -2.21. The van der Waals surface area contributed by atoms with E-state index in [2.05, 4.69) is 0 Å². The van der Waals surface area contributed by atoms with E-state index >= 15 is 0 Å². The lowest BCUT2D eigenvalue weighted by Gasteiger charge is -2.10. The van der Waals surface area contributed by atoms with E-state index in [1.807, 2.05) is 0 Å². The molecule has 0 radical (unpaired) electrons. The molecule has 1 aromatic carbocycles. The highest BCUT2D eigenvalue weighted by Gasteiger charge is 2.12. The molecule has 2 N–H and O–H groups in total. The lowest BCUT2D eigenvalue weighted by molar-refractivity contribution is -0.139. The highest BCUT2D eigenvalue weighted by molar-refractivity contribution is 5.67. The fourth-order valence-corrected chi connectivity index (χ4v) is 1.04. The highest BCUT2D eigenvalue weighted by atomic mass is 19.1. The molecule has 0 amide bonds. The maximum Gasteiger partial charge on any atom is 0.306 e. The van der Waals surface area contributed by atoms with E-state index in [1.165, 1.54) is 0 Å². The predicted octanol–water partition coefficient (Wildman–Crippen LogP) is 1.18. The number of aliphatic hydroxyl groups excluding tert-OH is 1. The molecule has 0 fully saturated rings. The first kappa shape index (κ1) is 12.4. The SMILES string of the molecule is O=C(O)CC(O)COc1ccc(F)cc1F. The second-order valence-electron chi connectivity index (χ2n) is 3.14. The Morgan fingerprint density at radius 2 is 2.12 bits per heavy atom. The third kappa shape index (κ3) is 3.82. The molecule has 0 spiro atoms. The maximum atomic E-state index is 13.0. The zero-order valence-corrected chi connectivity index (χ0v) is 8.19. The van der Waals surface area contributed by atoms with E-state index in [1.54, 1.807) is 0 Å². The van der Waals surface area contributed by atoms with Crippen molar-refractivity contribution in [1.29, 1.82) is 0 Å². The van der Waals surface area contributed by atoms with Gasteiger partial charge in [-0.05, 0) is 12.1 Å². The predicted molar refractivity (Wildman–Crippen MR) is 50.1 cm³/mol. The molecule has 0 aliphatic rings. The van der Waals surface area contributed by atoms with Crippen molar-refractivity contribution >= 4 is 5.97 Å². The molecule has 0 saturated carbocycles. The van der Waals surface area contributed by atoms with Crippen LogP contribution in [-0.2, 0) is 4.79 Å². The Morgan fingerprint density at radius 1 is 1.44 bits per heavy atom. The minimum Gasteiger partial charge on any atom is -0.488 e. The highest BCUT2D eigenvalue weighted by Crippen LogP contribution is 2.17. The monoisotopic (exact) mass is 232 g/mol. The number of carbonyl (C=O) groups is 1. The van der Waals surface area contributed by atoms with Gasteiger partial charge in [0, 0.05) is 6.07 Å². The maximum absolute atomic E-state index is 13.0. The Labute approximate surface area is 90.1 Å². The van der Waals surface area contributed by atoms with Crippen LogP contribution < -0.4 is 4.74 Å². The normalized spacial score (nSPS) is 12.2. The van der Waals surface area contributed by atoms with Crippen LogP contribution in [0.15, 0.2) is 18.2 Å². The molecule has 16 heavy (non-hydrogen) atoms. The van der Waals surface area contributed by atoms with Crippen molar-refractivity contribution in [3.8, 4) is 5.75 Å². The minimum absolute atomic E-state index is 0.231. The minimum atomic E-state index is -1.23. The van der Waals surface area contributed by atoms with Crippen molar-refractivity contribution in [2.24, 2.45) is 0 Å². The Bertz CT molecular complexity index is 381. The molecule has 0 aromatic heterocycles. The standard InChI is InChI=1S/C10H10F2O4/c11-6-1-2-9(8(12)3-6)16-5-7(13)4-10(14)15/h1-3,7,13H,4-5H2,(H,14,15). The second kappa shape index (κ2) is 5.41. The molecule has 6 heteroatoms. The van der Waals surface area contributed by atoms with Crippen molar-refractivity contribution in [2.75, 3.05) is 6.61 Å². The van der Waals surface area contributed by atoms with Crippen molar-refractivity contribution in [3.05, 3.63) is 29.8 Å². The Kier molecular flexibility index (Phi) is 4.19. The molecular weight excluding hydrogens is 222 g/mol. The first-order valence-corrected chi connectivity index (χ1v) is 4.46. The van der Waals surface area contributed by atoms with Crippen LogP contribution in [0.1, 0.15) is 6.42 Å². The summed E-state index contributed by atoms with van der Waals surface area (Å²) in [4.78, 5) is 10.2. The molecule has 1 unspecified atom stereocenters.